The highest BCUT2D eigenvalue weighted by atomic mass is 35.5. The Morgan fingerprint density at radius 3 is 2.71 bits per heavy atom. The van der Waals surface area contributed by atoms with Crippen LogP contribution in [-0.2, 0) is 37.2 Å². The summed E-state index contributed by atoms with van der Waals surface area (Å²) in [5.41, 5.74) is 2.19. The first-order valence-electron chi connectivity index (χ1n) is 12.4. The van der Waals surface area contributed by atoms with Crippen molar-refractivity contribution in [3.63, 3.8) is 0 Å². The fourth-order valence-corrected chi connectivity index (χ4v) is 7.43. The number of thiophene rings is 1. The number of aryl methyl sites for hydroxylation is 2. The fraction of sp³-hybridized carbons (Fsp3) is 0.500. The number of halogens is 1. The lowest BCUT2D eigenvalue weighted by atomic mass is 10.0. The lowest BCUT2D eigenvalue weighted by Gasteiger charge is -2.37. The molecule has 0 bridgehead atoms. The van der Waals surface area contributed by atoms with Gasteiger partial charge in [0.25, 0.3) is 10.0 Å². The van der Waals surface area contributed by atoms with Gasteiger partial charge in [0.15, 0.2) is 0 Å². The number of carbonyl (C=O) groups excluding carboxylic acids is 2. The summed E-state index contributed by atoms with van der Waals surface area (Å²) in [6.45, 7) is 0.545. The summed E-state index contributed by atoms with van der Waals surface area (Å²) in [5, 5.41) is 17.7. The Labute approximate surface area is 230 Å². The maximum Gasteiger partial charge on any atom is 0.328 e. The predicted molar refractivity (Wildman–Crippen MR) is 143 cm³/mol. The third kappa shape index (κ3) is 7.01. The molecule has 38 heavy (non-hydrogen) atoms. The van der Waals surface area contributed by atoms with E-state index in [1.54, 1.807) is 0 Å². The first-order valence-corrected chi connectivity index (χ1v) is 15.0. The molecule has 2 aliphatic rings. The molecule has 1 saturated heterocycles. The van der Waals surface area contributed by atoms with Gasteiger partial charge in [0.05, 0.1) is 10.3 Å². The van der Waals surface area contributed by atoms with E-state index in [9.17, 15) is 27.9 Å². The number of hydrogen-bond acceptors (Lipinski definition) is 8. The number of nitrogens with one attached hydrogen (secondary N) is 3. The highest BCUT2D eigenvalue weighted by molar-refractivity contribution is 7.91. The summed E-state index contributed by atoms with van der Waals surface area (Å²) in [6, 6.07) is 5.68. The van der Waals surface area contributed by atoms with Crippen molar-refractivity contribution in [2.75, 3.05) is 31.5 Å². The van der Waals surface area contributed by atoms with Gasteiger partial charge in [-0.25, -0.2) is 18.2 Å². The largest absolute Gasteiger partial charge is 0.480 e. The van der Waals surface area contributed by atoms with Gasteiger partial charge in [-0.05, 0) is 55.9 Å². The van der Waals surface area contributed by atoms with Crippen LogP contribution in [0.1, 0.15) is 36.9 Å². The number of hydrogen-bond donors (Lipinski definition) is 4. The number of carboxylic acid groups (broad SMARTS) is 1. The number of fused-ring (bicyclic) bond motifs is 1. The van der Waals surface area contributed by atoms with E-state index in [1.807, 2.05) is 6.07 Å². The minimum atomic E-state index is -3.74. The van der Waals surface area contributed by atoms with Crippen molar-refractivity contribution in [2.24, 2.45) is 5.92 Å². The number of anilines is 1. The third-order valence-corrected chi connectivity index (χ3v) is 10.0. The van der Waals surface area contributed by atoms with Crippen LogP contribution in [0.2, 0.25) is 4.34 Å². The molecular weight excluding hydrogens is 554 g/mol. The highest BCUT2D eigenvalue weighted by Gasteiger charge is 2.42. The topological polar surface area (TPSA) is 158 Å². The number of sulfonamides is 1. The maximum absolute atomic E-state index is 12.5. The lowest BCUT2D eigenvalue weighted by Crippen LogP contribution is -2.58. The monoisotopic (exact) mass is 583 g/mol. The van der Waals surface area contributed by atoms with Crippen LogP contribution < -0.4 is 16.0 Å². The van der Waals surface area contributed by atoms with Crippen LogP contribution >= 0.6 is 22.9 Å². The van der Waals surface area contributed by atoms with E-state index in [0.717, 1.165) is 59.4 Å². The smallest absolute Gasteiger partial charge is 0.328 e. The minimum Gasteiger partial charge on any atom is -0.480 e. The first kappa shape index (κ1) is 28.3. The van der Waals surface area contributed by atoms with E-state index in [0.29, 0.717) is 10.8 Å². The molecule has 2 amide bonds. The quantitative estimate of drug-likeness (QED) is 0.276. The van der Waals surface area contributed by atoms with Gasteiger partial charge in [-0.3, -0.25) is 9.59 Å². The normalized spacial score (nSPS) is 16.6. The molecule has 0 saturated carbocycles. The summed E-state index contributed by atoms with van der Waals surface area (Å²) < 4.78 is 26.7. The Bertz CT molecular complexity index is 1290. The van der Waals surface area contributed by atoms with Crippen LogP contribution in [0.5, 0.6) is 0 Å². The summed E-state index contributed by atoms with van der Waals surface area (Å²) >= 11 is 6.74. The molecule has 0 spiro atoms. The molecule has 2 aromatic heterocycles. The number of aliphatic carboxylic acids is 1. The van der Waals surface area contributed by atoms with Crippen LogP contribution in [-0.4, -0.2) is 72.8 Å². The van der Waals surface area contributed by atoms with E-state index in [4.69, 9.17) is 11.6 Å². The number of rotatable bonds is 12. The molecule has 1 fully saturated rings. The molecular formula is C24H30ClN5O6S2. The van der Waals surface area contributed by atoms with E-state index >= 15 is 0 Å². The molecule has 4 N–H and O–H groups in total. The van der Waals surface area contributed by atoms with Gasteiger partial charge in [0.2, 0.25) is 11.8 Å². The molecule has 2 aliphatic heterocycles. The molecule has 0 aromatic carbocycles. The van der Waals surface area contributed by atoms with Gasteiger partial charge >= 0.3 is 5.97 Å². The molecule has 4 rings (SSSR count). The zero-order chi connectivity index (χ0) is 27.3. The van der Waals surface area contributed by atoms with Crippen LogP contribution in [0.3, 0.4) is 0 Å². The Morgan fingerprint density at radius 1 is 1.21 bits per heavy atom. The van der Waals surface area contributed by atoms with Crippen LogP contribution in [0.4, 0.5) is 5.82 Å². The Hall–Kier alpha value is -2.74. The summed E-state index contributed by atoms with van der Waals surface area (Å²) in [6.07, 6.45) is 4.47. The fourth-order valence-electron chi connectivity index (χ4n) is 4.26. The van der Waals surface area contributed by atoms with E-state index < -0.39 is 33.9 Å². The lowest BCUT2D eigenvalue weighted by molar-refractivity contribution is -0.143. The average Bonchev–Trinajstić information content (AvgIpc) is 3.30. The summed E-state index contributed by atoms with van der Waals surface area (Å²) in [4.78, 5) is 41.0. The van der Waals surface area contributed by atoms with Gasteiger partial charge < -0.3 is 21.1 Å². The highest BCUT2D eigenvalue weighted by Crippen LogP contribution is 2.31. The van der Waals surface area contributed by atoms with Gasteiger partial charge in [0.1, 0.15) is 16.1 Å². The molecule has 206 valence electrons. The maximum atomic E-state index is 12.5. The number of aromatic nitrogens is 1. The molecule has 1 atom stereocenters. The van der Waals surface area contributed by atoms with Crippen LogP contribution in [0.15, 0.2) is 28.5 Å². The molecule has 2 aromatic rings. The van der Waals surface area contributed by atoms with Crippen LogP contribution in [0, 0.1) is 5.92 Å². The van der Waals surface area contributed by atoms with E-state index in [1.165, 1.54) is 17.7 Å². The average molecular weight is 584 g/mol. The van der Waals surface area contributed by atoms with E-state index in [-0.39, 0.29) is 36.2 Å². The number of amides is 2. The molecule has 11 nitrogen and oxygen atoms in total. The standard InChI is InChI=1S/C24H30ClN5O6S2/c25-19-9-10-21(37-19)38(35,36)30-13-16(14-30)23(32)29-18(24(33)34)12-27-20(31)6-2-1-5-17-8-7-15-4-3-11-26-22(15)28-17/h7-10,16,18H,1-6,11-14H2,(H,26,28)(H,27,31)(H,29,32)(H,33,34). The Morgan fingerprint density at radius 2 is 2.00 bits per heavy atom. The second-order valence-electron chi connectivity index (χ2n) is 9.33. The molecule has 1 unspecified atom stereocenters. The molecule has 0 radical (unpaired) electrons. The second kappa shape index (κ2) is 12.4. The van der Waals surface area contributed by atoms with Crippen molar-refractivity contribution in [1.82, 2.24) is 19.9 Å². The predicted octanol–water partition coefficient (Wildman–Crippen LogP) is 1.87. The molecule has 4 heterocycles. The van der Waals surface area contributed by atoms with Crippen molar-refractivity contribution < 1.29 is 27.9 Å². The third-order valence-electron chi connectivity index (χ3n) is 6.52. The zero-order valence-corrected chi connectivity index (χ0v) is 23.0. The second-order valence-corrected chi connectivity index (χ2v) is 13.2. The number of carbonyl (C=O) groups is 3. The SMILES string of the molecule is O=C(CCCCc1ccc2c(n1)NCCC2)NCC(NC(=O)C1CN(S(=O)(=O)c2ccc(Cl)s2)C1)C(=O)O. The van der Waals surface area contributed by atoms with Crippen molar-refractivity contribution in [3.05, 3.63) is 39.9 Å². The minimum absolute atomic E-state index is 0.0580. The van der Waals surface area contributed by atoms with Crippen molar-refractivity contribution in [3.8, 4) is 0 Å². The number of pyridine rings is 1. The van der Waals surface area contributed by atoms with Crippen LogP contribution in [0.25, 0.3) is 0 Å². The molecule has 0 aliphatic carbocycles. The first-order chi connectivity index (χ1) is 18.1. The number of unbranched alkanes of at least 4 members (excludes halogenated alkanes) is 1. The molecule has 14 heteroatoms. The Balaban J connectivity index is 1.15. The van der Waals surface area contributed by atoms with Gasteiger partial charge in [-0.1, -0.05) is 17.7 Å². The van der Waals surface area contributed by atoms with Gasteiger partial charge in [-0.2, -0.15) is 4.31 Å². The number of carboxylic acids is 1. The van der Waals surface area contributed by atoms with E-state index in [2.05, 4.69) is 27.0 Å². The van der Waals surface area contributed by atoms with Gasteiger partial charge in [0, 0.05) is 38.3 Å². The van der Waals surface area contributed by atoms with Crippen molar-refractivity contribution >= 4 is 56.6 Å². The summed E-state index contributed by atoms with van der Waals surface area (Å²) in [7, 11) is -3.74. The van der Waals surface area contributed by atoms with Crippen molar-refractivity contribution in [2.45, 2.75) is 48.8 Å². The zero-order valence-electron chi connectivity index (χ0n) is 20.6. The van der Waals surface area contributed by atoms with Gasteiger partial charge in [-0.15, -0.1) is 11.3 Å². The Kier molecular flexibility index (Phi) is 9.23. The van der Waals surface area contributed by atoms with Crippen molar-refractivity contribution in [1.29, 1.82) is 0 Å². The number of nitrogens with zero attached hydrogens (tertiary/aromatic N) is 2. The summed E-state index contributed by atoms with van der Waals surface area (Å²) in [5.74, 6) is -1.90.